The fraction of sp³-hybridized carbons (Fsp3) is 0. The van der Waals surface area contributed by atoms with Gasteiger partial charge in [-0.25, -0.2) is 5.43 Å². The molecule has 0 saturated heterocycles. The van der Waals surface area contributed by atoms with Gasteiger partial charge in [-0.1, -0.05) is 15.9 Å². The number of rotatable bonds is 3. The van der Waals surface area contributed by atoms with E-state index in [9.17, 15) is 10.0 Å². The van der Waals surface area contributed by atoms with Crippen molar-refractivity contribution in [2.45, 2.75) is 0 Å². The van der Waals surface area contributed by atoms with Gasteiger partial charge >= 0.3 is 0 Å². The van der Waals surface area contributed by atoms with Crippen LogP contribution in [0.5, 0.6) is 0 Å². The Morgan fingerprint density at radius 1 is 1.32 bits per heavy atom. The number of hydrogen-bond acceptors (Lipinski definition) is 5. The Morgan fingerprint density at radius 3 is 2.86 bits per heavy atom. The quantitative estimate of drug-likeness (QED) is 0.439. The van der Waals surface area contributed by atoms with Crippen LogP contribution in [-0.2, 0) is 0 Å². The summed E-state index contributed by atoms with van der Waals surface area (Å²) in [6.45, 7) is 0. The first kappa shape index (κ1) is 14.2. The molecule has 0 spiro atoms. The molecule has 0 fully saturated rings. The number of carbonyl (C=O) groups excluding carboxylic acids is 1. The van der Waals surface area contributed by atoms with Crippen LogP contribution in [0.1, 0.15) is 15.9 Å². The molecule has 3 aromatic rings. The summed E-state index contributed by atoms with van der Waals surface area (Å²) in [4.78, 5) is 12.2. The molecule has 110 valence electrons. The summed E-state index contributed by atoms with van der Waals surface area (Å²) in [5, 5.41) is 18.6. The van der Waals surface area contributed by atoms with Crippen LogP contribution in [0, 0.1) is 5.21 Å². The minimum absolute atomic E-state index is 0.316. The summed E-state index contributed by atoms with van der Waals surface area (Å²) >= 11 is 3.30. The maximum absolute atomic E-state index is 11.8. The predicted octanol–water partition coefficient (Wildman–Crippen LogP) is 1.99. The number of benzene rings is 2. The van der Waals surface area contributed by atoms with E-state index in [1.807, 2.05) is 0 Å². The number of nitrogens with zero attached hydrogens (tertiary/aromatic N) is 3. The number of nitrogens with one attached hydrogen (secondary N) is 1. The first-order valence-corrected chi connectivity index (χ1v) is 7.01. The van der Waals surface area contributed by atoms with E-state index >= 15 is 0 Å². The summed E-state index contributed by atoms with van der Waals surface area (Å²) in [5.74, 6) is -0.316. The van der Waals surface area contributed by atoms with Crippen LogP contribution in [0.25, 0.3) is 11.0 Å². The van der Waals surface area contributed by atoms with Crippen molar-refractivity contribution in [2.75, 3.05) is 0 Å². The van der Waals surface area contributed by atoms with Crippen LogP contribution < -0.4 is 10.3 Å². The maximum atomic E-state index is 11.8. The second-order valence-corrected chi connectivity index (χ2v) is 5.30. The minimum atomic E-state index is -0.316. The third-order valence-electron chi connectivity index (χ3n) is 2.90. The Kier molecular flexibility index (Phi) is 3.84. The molecule has 8 heteroatoms. The number of hydrazone groups is 1. The number of amides is 1. The van der Waals surface area contributed by atoms with E-state index in [0.717, 1.165) is 4.47 Å². The van der Waals surface area contributed by atoms with Gasteiger partial charge in [0.05, 0.1) is 6.21 Å². The zero-order chi connectivity index (χ0) is 15.5. The van der Waals surface area contributed by atoms with E-state index in [-0.39, 0.29) is 5.91 Å². The molecular formula is C14H9BrN4O3. The molecule has 0 atom stereocenters. The number of halogens is 1. The summed E-state index contributed by atoms with van der Waals surface area (Å²) < 4.78 is 5.37. The molecule has 3 rings (SSSR count). The predicted molar refractivity (Wildman–Crippen MR) is 82.2 cm³/mol. The number of hydrogen-bond donors (Lipinski definition) is 1. The summed E-state index contributed by atoms with van der Waals surface area (Å²) in [6, 6.07) is 11.8. The van der Waals surface area contributed by atoms with Crippen LogP contribution in [0.4, 0.5) is 0 Å². The Labute approximate surface area is 132 Å². The van der Waals surface area contributed by atoms with Gasteiger partial charge in [0.15, 0.2) is 0 Å². The average molecular weight is 361 g/mol. The van der Waals surface area contributed by atoms with Gasteiger partial charge in [0, 0.05) is 21.3 Å². The van der Waals surface area contributed by atoms with Crippen LogP contribution in [0.3, 0.4) is 0 Å². The molecule has 22 heavy (non-hydrogen) atoms. The first-order chi connectivity index (χ1) is 10.6. The molecule has 1 amide bonds. The van der Waals surface area contributed by atoms with Crippen LogP contribution in [0.2, 0.25) is 0 Å². The molecule has 1 aromatic heterocycles. The molecule has 7 nitrogen and oxygen atoms in total. The first-order valence-electron chi connectivity index (χ1n) is 6.22. The van der Waals surface area contributed by atoms with Gasteiger partial charge in [-0.05, 0) is 46.9 Å². The average Bonchev–Trinajstić information content (AvgIpc) is 2.89. The van der Waals surface area contributed by atoms with Crippen molar-refractivity contribution >= 4 is 39.1 Å². The highest BCUT2D eigenvalue weighted by molar-refractivity contribution is 9.10. The second-order valence-electron chi connectivity index (χ2n) is 4.38. The minimum Gasteiger partial charge on any atom is -0.359 e. The molecule has 0 bridgehead atoms. The third kappa shape index (κ3) is 2.96. The topological polar surface area (TPSA) is 94.4 Å². The Morgan fingerprint density at radius 2 is 2.09 bits per heavy atom. The molecule has 1 heterocycles. The van der Waals surface area contributed by atoms with Crippen molar-refractivity contribution in [3.05, 3.63) is 63.3 Å². The van der Waals surface area contributed by atoms with Crippen molar-refractivity contribution in [2.24, 2.45) is 5.10 Å². The van der Waals surface area contributed by atoms with E-state index in [0.29, 0.717) is 27.1 Å². The molecule has 0 unspecified atom stereocenters. The standard InChI is InChI=1S/C14H9BrN4O3/c15-11-4-2-10(3-5-11)14(20)17-16-8-9-1-6-13-12(7-9)18-22-19(13)21/h1-8H,(H,17,20)/b16-8+. The third-order valence-corrected chi connectivity index (χ3v) is 3.42. The van der Waals surface area contributed by atoms with Gasteiger partial charge in [-0.2, -0.15) is 5.10 Å². The molecular weight excluding hydrogens is 352 g/mol. The van der Waals surface area contributed by atoms with Gasteiger partial charge in [0.25, 0.3) is 5.91 Å². The lowest BCUT2D eigenvalue weighted by Gasteiger charge is -1.99. The molecule has 0 aliphatic carbocycles. The second kappa shape index (κ2) is 5.94. The molecule has 1 N–H and O–H groups in total. The lowest BCUT2D eigenvalue weighted by atomic mass is 10.2. The highest BCUT2D eigenvalue weighted by Gasteiger charge is 2.08. The summed E-state index contributed by atoms with van der Waals surface area (Å²) in [5.41, 5.74) is 4.35. The Balaban J connectivity index is 1.70. The van der Waals surface area contributed by atoms with Gasteiger partial charge in [0.1, 0.15) is 0 Å². The van der Waals surface area contributed by atoms with E-state index < -0.39 is 0 Å². The largest absolute Gasteiger partial charge is 0.359 e. The highest BCUT2D eigenvalue weighted by atomic mass is 79.9. The molecule has 2 aromatic carbocycles. The fourth-order valence-corrected chi connectivity index (χ4v) is 2.07. The van der Waals surface area contributed by atoms with E-state index in [1.54, 1.807) is 42.5 Å². The van der Waals surface area contributed by atoms with Crippen LogP contribution in [0.15, 0.2) is 56.7 Å². The molecule has 0 radical (unpaired) electrons. The Hall–Kier alpha value is -2.74. The fourth-order valence-electron chi connectivity index (χ4n) is 1.80. The van der Waals surface area contributed by atoms with Gasteiger partial charge in [0.2, 0.25) is 11.0 Å². The zero-order valence-electron chi connectivity index (χ0n) is 11.1. The normalized spacial score (nSPS) is 11.1. The van der Waals surface area contributed by atoms with Gasteiger partial charge in [-0.3, -0.25) is 9.42 Å². The SMILES string of the molecule is O=C(N/N=C/c1ccc2c(c1)no[n+]2[O-])c1ccc(Br)cc1. The van der Waals surface area contributed by atoms with Crippen molar-refractivity contribution < 1.29 is 14.3 Å². The monoisotopic (exact) mass is 360 g/mol. The maximum Gasteiger partial charge on any atom is 0.271 e. The van der Waals surface area contributed by atoms with Gasteiger partial charge < -0.3 is 5.21 Å². The molecule has 0 aliphatic rings. The lowest BCUT2D eigenvalue weighted by Crippen LogP contribution is -2.22. The smallest absolute Gasteiger partial charge is 0.271 e. The Bertz CT molecular complexity index is 858. The number of fused-ring (bicyclic) bond motifs is 1. The van der Waals surface area contributed by atoms with E-state index in [1.165, 1.54) is 6.21 Å². The highest BCUT2D eigenvalue weighted by Crippen LogP contribution is 2.10. The summed E-state index contributed by atoms with van der Waals surface area (Å²) in [6.07, 6.45) is 1.46. The van der Waals surface area contributed by atoms with Gasteiger partial charge in [-0.15, -0.1) is 0 Å². The number of aromatic nitrogens is 2. The number of carbonyl (C=O) groups is 1. The van der Waals surface area contributed by atoms with Crippen molar-refractivity contribution in [3.8, 4) is 0 Å². The van der Waals surface area contributed by atoms with E-state index in [2.05, 4.69) is 36.2 Å². The zero-order valence-corrected chi connectivity index (χ0v) is 12.6. The van der Waals surface area contributed by atoms with Crippen molar-refractivity contribution in [1.29, 1.82) is 0 Å². The molecule has 0 aliphatic heterocycles. The van der Waals surface area contributed by atoms with E-state index in [4.69, 9.17) is 0 Å². The van der Waals surface area contributed by atoms with Crippen molar-refractivity contribution in [1.82, 2.24) is 10.6 Å². The summed E-state index contributed by atoms with van der Waals surface area (Å²) in [7, 11) is 0. The van der Waals surface area contributed by atoms with Crippen LogP contribution >= 0.6 is 15.9 Å². The lowest BCUT2D eigenvalue weighted by molar-refractivity contribution is -0.782. The van der Waals surface area contributed by atoms with Crippen molar-refractivity contribution in [3.63, 3.8) is 0 Å². The van der Waals surface area contributed by atoms with Crippen LogP contribution in [-0.4, -0.2) is 17.3 Å². The molecule has 0 saturated carbocycles.